The molecular formula is C78H124NO8+. The van der Waals surface area contributed by atoms with E-state index in [1.54, 1.807) is 0 Å². The van der Waals surface area contributed by atoms with Crippen LogP contribution in [-0.2, 0) is 33.3 Å². The topological polar surface area (TPSA) is 108 Å². The maximum atomic E-state index is 12.9. The maximum absolute atomic E-state index is 12.9. The first kappa shape index (κ1) is 81.4. The number of carboxylic acids is 1. The van der Waals surface area contributed by atoms with Crippen molar-refractivity contribution < 1.29 is 42.9 Å². The van der Waals surface area contributed by atoms with Gasteiger partial charge in [0, 0.05) is 12.8 Å². The number of likely N-dealkylation sites (N-methyl/N-ethyl adjacent to an activating group) is 1. The summed E-state index contributed by atoms with van der Waals surface area (Å²) < 4.78 is 22.9. The van der Waals surface area contributed by atoms with Crippen LogP contribution in [0.4, 0.5) is 0 Å². The van der Waals surface area contributed by atoms with Gasteiger partial charge in [-0.25, -0.2) is 4.79 Å². The number of hydrogen-bond donors (Lipinski definition) is 1. The highest BCUT2D eigenvalue weighted by Gasteiger charge is 2.25. The Labute approximate surface area is 532 Å². The van der Waals surface area contributed by atoms with Gasteiger partial charge in [0.25, 0.3) is 6.29 Å². The fraction of sp³-hybridized carbons (Fsp3) is 0.577. The van der Waals surface area contributed by atoms with Gasteiger partial charge in [0.2, 0.25) is 0 Å². The van der Waals surface area contributed by atoms with Crippen LogP contribution in [0.3, 0.4) is 0 Å². The monoisotopic (exact) mass is 1200 g/mol. The van der Waals surface area contributed by atoms with Crippen molar-refractivity contribution in [2.45, 2.75) is 245 Å². The van der Waals surface area contributed by atoms with E-state index < -0.39 is 24.3 Å². The molecule has 0 aromatic rings. The Morgan fingerprint density at radius 3 is 0.920 bits per heavy atom. The molecule has 2 atom stereocenters. The summed E-state index contributed by atoms with van der Waals surface area (Å²) in [6.45, 7) is 4.59. The molecule has 0 saturated heterocycles. The van der Waals surface area contributed by atoms with Crippen molar-refractivity contribution in [3.05, 3.63) is 182 Å². The minimum absolute atomic E-state index is 0.171. The molecule has 87 heavy (non-hydrogen) atoms. The number of esters is 2. The molecule has 0 heterocycles. The van der Waals surface area contributed by atoms with E-state index in [9.17, 15) is 19.5 Å². The second-order valence-corrected chi connectivity index (χ2v) is 23.0. The molecule has 9 nitrogen and oxygen atoms in total. The molecule has 2 unspecified atom stereocenters. The van der Waals surface area contributed by atoms with Crippen molar-refractivity contribution >= 4 is 17.9 Å². The number of ether oxygens (including phenoxy) is 4. The van der Waals surface area contributed by atoms with Gasteiger partial charge >= 0.3 is 17.9 Å². The van der Waals surface area contributed by atoms with E-state index in [0.29, 0.717) is 17.4 Å². The average Bonchev–Trinajstić information content (AvgIpc) is 3.56. The van der Waals surface area contributed by atoms with E-state index in [-0.39, 0.29) is 38.6 Å². The first-order valence-corrected chi connectivity index (χ1v) is 33.9. The summed E-state index contributed by atoms with van der Waals surface area (Å²) in [7, 11) is 5.95. The Bertz CT molecular complexity index is 2080. The average molecular weight is 1200 g/mol. The molecule has 0 aromatic heterocycles. The Kier molecular flexibility index (Phi) is 62.1. The van der Waals surface area contributed by atoms with Gasteiger partial charge < -0.3 is 28.5 Å². The van der Waals surface area contributed by atoms with Gasteiger partial charge in [-0.1, -0.05) is 267 Å². The highest BCUT2D eigenvalue weighted by atomic mass is 16.7. The summed E-state index contributed by atoms with van der Waals surface area (Å²) in [5.74, 6) is -2.06. The predicted molar refractivity (Wildman–Crippen MR) is 372 cm³/mol. The molecule has 0 saturated carbocycles. The Hall–Kier alpha value is -5.61. The lowest BCUT2D eigenvalue weighted by atomic mass is 10.0. The van der Waals surface area contributed by atoms with Crippen LogP contribution in [0.15, 0.2) is 182 Å². The number of aliphatic carboxylic acids is 1. The zero-order valence-corrected chi connectivity index (χ0v) is 55.6. The first-order valence-electron chi connectivity index (χ1n) is 33.9. The molecule has 0 aliphatic carbocycles. The van der Waals surface area contributed by atoms with Crippen LogP contribution in [0.2, 0.25) is 0 Å². The summed E-state index contributed by atoms with van der Waals surface area (Å²) in [6, 6.07) is 0. The third kappa shape index (κ3) is 67.8. The standard InChI is InChI=1S/C78H123NO8/c1-6-8-10-12-14-16-18-20-22-24-26-28-30-32-34-35-36-37-38-39-40-41-43-45-47-49-51-53-55-57-59-61-63-65-67-69-76(81)87-74(73-86-78(77(82)83)84-71-70-79(3,4)5)72-85-75(80)68-66-64-62-60-58-56-54-52-50-48-46-44-42-33-31-29-27-25-23-21-19-17-15-13-11-9-7-2/h8-11,14-17,20-23,26-29,32-34,36-37,39-40,42-43,45,49,51,55,57,74,78H,6-7,12-13,18-19,24-25,30-31,35,38,41,44,46-48,50,52-54,56,58-73H2,1-5H3/p+1/b10-8-,11-9-,16-14-,17-15-,22-20-,23-21-,28-26-,29-27-,34-32-,37-36-,40-39-,42-33-,45-43-,51-49-,57-55-. The number of allylic oxidation sites excluding steroid dienone is 30. The van der Waals surface area contributed by atoms with Crippen molar-refractivity contribution in [1.29, 1.82) is 0 Å². The number of carbonyl (C=O) groups excluding carboxylic acids is 2. The molecular weight excluding hydrogens is 1080 g/mol. The Morgan fingerprint density at radius 1 is 0.345 bits per heavy atom. The third-order valence-electron chi connectivity index (χ3n) is 13.7. The lowest BCUT2D eigenvalue weighted by Gasteiger charge is -2.25. The molecule has 0 fully saturated rings. The van der Waals surface area contributed by atoms with E-state index in [0.717, 1.165) is 154 Å². The van der Waals surface area contributed by atoms with Crippen molar-refractivity contribution in [2.24, 2.45) is 0 Å². The number of rotatable bonds is 60. The quantitative estimate of drug-likeness (QED) is 0.0211. The molecule has 0 aromatic carbocycles. The Balaban J connectivity index is 4.28. The van der Waals surface area contributed by atoms with Gasteiger partial charge in [0.1, 0.15) is 13.2 Å². The summed E-state index contributed by atoms with van der Waals surface area (Å²) in [5, 5.41) is 9.74. The predicted octanol–water partition coefficient (Wildman–Crippen LogP) is 21.2. The number of quaternary nitrogens is 1. The highest BCUT2D eigenvalue weighted by Crippen LogP contribution is 2.15. The molecule has 0 amide bonds. The van der Waals surface area contributed by atoms with E-state index in [1.807, 2.05) is 21.1 Å². The second-order valence-electron chi connectivity index (χ2n) is 23.0. The normalized spacial score (nSPS) is 13.9. The van der Waals surface area contributed by atoms with Gasteiger partial charge in [0.05, 0.1) is 34.4 Å². The lowest BCUT2D eigenvalue weighted by Crippen LogP contribution is -2.40. The van der Waals surface area contributed by atoms with Gasteiger partial charge in [0.15, 0.2) is 6.10 Å². The molecule has 1 N–H and O–H groups in total. The summed E-state index contributed by atoms with van der Waals surface area (Å²) in [4.78, 5) is 37.6. The zero-order chi connectivity index (χ0) is 63.3. The molecule has 9 heteroatoms. The van der Waals surface area contributed by atoms with Gasteiger partial charge in [-0.3, -0.25) is 9.59 Å². The molecule has 488 valence electrons. The van der Waals surface area contributed by atoms with E-state index >= 15 is 0 Å². The van der Waals surface area contributed by atoms with Crippen LogP contribution in [0.1, 0.15) is 232 Å². The molecule has 0 radical (unpaired) electrons. The van der Waals surface area contributed by atoms with Crippen LogP contribution in [0.25, 0.3) is 0 Å². The summed E-state index contributed by atoms with van der Waals surface area (Å²) in [6.07, 6.45) is 98.4. The fourth-order valence-electron chi connectivity index (χ4n) is 8.54. The largest absolute Gasteiger partial charge is 0.477 e. The summed E-state index contributed by atoms with van der Waals surface area (Å²) in [5.41, 5.74) is 0. The van der Waals surface area contributed by atoms with E-state index in [1.165, 1.54) is 44.9 Å². The molecule has 0 bridgehead atoms. The van der Waals surface area contributed by atoms with Crippen LogP contribution >= 0.6 is 0 Å². The highest BCUT2D eigenvalue weighted by molar-refractivity contribution is 5.71. The number of carboxylic acid groups (broad SMARTS) is 1. The van der Waals surface area contributed by atoms with Crippen LogP contribution in [0, 0.1) is 0 Å². The van der Waals surface area contributed by atoms with Crippen molar-refractivity contribution in [1.82, 2.24) is 0 Å². The minimum atomic E-state index is -1.53. The van der Waals surface area contributed by atoms with Crippen molar-refractivity contribution in [2.75, 3.05) is 47.5 Å². The van der Waals surface area contributed by atoms with Crippen LogP contribution < -0.4 is 0 Å². The first-order chi connectivity index (χ1) is 42.6. The third-order valence-corrected chi connectivity index (χ3v) is 13.7. The molecule has 0 aliphatic rings. The van der Waals surface area contributed by atoms with E-state index in [2.05, 4.69) is 196 Å². The maximum Gasteiger partial charge on any atom is 0.361 e. The lowest BCUT2D eigenvalue weighted by molar-refractivity contribution is -0.870. The van der Waals surface area contributed by atoms with Crippen molar-refractivity contribution in [3.8, 4) is 0 Å². The van der Waals surface area contributed by atoms with Crippen LogP contribution in [0.5, 0.6) is 0 Å². The molecule has 0 spiro atoms. The number of carbonyl (C=O) groups is 3. The number of nitrogens with zero attached hydrogens (tertiary/aromatic N) is 1. The van der Waals surface area contributed by atoms with E-state index in [4.69, 9.17) is 18.9 Å². The molecule has 0 rings (SSSR count). The second kappa shape index (κ2) is 66.3. The van der Waals surface area contributed by atoms with Gasteiger partial charge in [-0.15, -0.1) is 0 Å². The number of unbranched alkanes of at least 4 members (excludes halogenated alkanes) is 15. The summed E-state index contributed by atoms with van der Waals surface area (Å²) >= 11 is 0. The van der Waals surface area contributed by atoms with Gasteiger partial charge in [-0.05, 0) is 135 Å². The zero-order valence-electron chi connectivity index (χ0n) is 55.6. The number of hydrogen-bond acceptors (Lipinski definition) is 7. The van der Waals surface area contributed by atoms with Crippen molar-refractivity contribution in [3.63, 3.8) is 0 Å². The van der Waals surface area contributed by atoms with Gasteiger partial charge in [-0.2, -0.15) is 0 Å². The smallest absolute Gasteiger partial charge is 0.361 e. The Morgan fingerprint density at radius 2 is 0.621 bits per heavy atom. The SMILES string of the molecule is CC/C=C\C/C=C\C/C=C\C/C=C\C/C=C\C/C=C\C/C=C\C/C=C\C/C=C\C/C=C\CCCCCCC(=O)OC(COC(=O)CCCCCCCCCCCCC/C=C\C/C=C\C/C=C\C/C=C\C/C=C\CC)COC(OCC[N+](C)(C)C)C(=O)O. The fourth-order valence-corrected chi connectivity index (χ4v) is 8.54. The minimum Gasteiger partial charge on any atom is -0.477 e. The van der Waals surface area contributed by atoms with Crippen LogP contribution in [-0.4, -0.2) is 87.4 Å². The molecule has 0 aliphatic heterocycles.